The summed E-state index contributed by atoms with van der Waals surface area (Å²) >= 11 is 0. The van der Waals surface area contributed by atoms with Crippen molar-refractivity contribution in [2.45, 2.75) is 98.1 Å². The molecule has 0 bridgehead atoms. The Bertz CT molecular complexity index is 542. The van der Waals surface area contributed by atoms with Gasteiger partial charge < -0.3 is 27.6 Å². The quantitative estimate of drug-likeness (QED) is 0.356. The van der Waals surface area contributed by atoms with Crippen molar-refractivity contribution in [1.82, 2.24) is 0 Å². The van der Waals surface area contributed by atoms with Crippen LogP contribution in [0.4, 0.5) is 0 Å². The number of ether oxygens (including phenoxy) is 2. The second-order valence-corrected chi connectivity index (χ2v) is 13.3. The molecule has 31 heavy (non-hydrogen) atoms. The van der Waals surface area contributed by atoms with Gasteiger partial charge in [0.25, 0.3) is 0 Å². The van der Waals surface area contributed by atoms with Crippen LogP contribution < -0.4 is 0 Å². The van der Waals surface area contributed by atoms with E-state index in [1.807, 2.05) is 41.0 Å². The first-order valence-electron chi connectivity index (χ1n) is 11.6. The highest BCUT2D eigenvalue weighted by Crippen LogP contribution is 2.44. The molecule has 2 aliphatic heterocycles. The van der Waals surface area contributed by atoms with Crippen LogP contribution in [-0.2, 0) is 27.6 Å². The Labute approximate surface area is 193 Å². The van der Waals surface area contributed by atoms with Gasteiger partial charge in [-0.25, -0.2) is 0 Å². The average molecular weight is 487 g/mol. The third kappa shape index (κ3) is 15.8. The lowest BCUT2D eigenvalue weighted by Crippen LogP contribution is -2.30. The Balaban J connectivity index is 0. The molecule has 2 rings (SSSR count). The summed E-state index contributed by atoms with van der Waals surface area (Å²) in [6.45, 7) is 19.3. The number of hydrogen-bond acceptors (Lipinski definition) is 6. The van der Waals surface area contributed by atoms with Crippen LogP contribution in [0.5, 0.6) is 0 Å². The minimum absolute atomic E-state index is 0.142. The van der Waals surface area contributed by atoms with E-state index >= 15 is 0 Å². The molecule has 2 saturated heterocycles. The predicted molar refractivity (Wildman–Crippen MR) is 140 cm³/mol. The van der Waals surface area contributed by atoms with Crippen molar-refractivity contribution in [2.24, 2.45) is 0 Å². The Morgan fingerprint density at radius 1 is 0.871 bits per heavy atom. The molecule has 0 amide bonds. The second kappa shape index (κ2) is 16.9. The van der Waals surface area contributed by atoms with Gasteiger partial charge >= 0.3 is 0 Å². The highest BCUT2D eigenvalue weighted by molar-refractivity contribution is 7.63. The van der Waals surface area contributed by atoms with Crippen LogP contribution in [0, 0.1) is 0 Å². The SMILES string of the molecule is C=P(C)(OC)OCC1(C)CCC(C)O1.C=P(C)(OC)OCC1CCC(C)O1.CC.CC. The van der Waals surface area contributed by atoms with E-state index in [1.165, 1.54) is 0 Å². The zero-order chi connectivity index (χ0) is 24.7. The maximum Gasteiger partial charge on any atom is 0.114 e. The van der Waals surface area contributed by atoms with Gasteiger partial charge in [-0.3, -0.25) is 0 Å². The van der Waals surface area contributed by atoms with Gasteiger partial charge in [-0.15, -0.1) is 0 Å². The predicted octanol–water partition coefficient (Wildman–Crippen LogP) is 6.70. The van der Waals surface area contributed by atoms with E-state index < -0.39 is 14.7 Å². The summed E-state index contributed by atoms with van der Waals surface area (Å²) in [6.07, 6.45) is 13.1. The van der Waals surface area contributed by atoms with Crippen LogP contribution in [0.2, 0.25) is 0 Å². The van der Waals surface area contributed by atoms with E-state index in [0.29, 0.717) is 25.4 Å². The molecule has 2 aliphatic rings. The van der Waals surface area contributed by atoms with Gasteiger partial charge in [-0.1, -0.05) is 40.3 Å². The smallest absolute Gasteiger partial charge is 0.114 e. The molecule has 2 heterocycles. The van der Waals surface area contributed by atoms with Crippen molar-refractivity contribution in [3.63, 3.8) is 0 Å². The van der Waals surface area contributed by atoms with Crippen molar-refractivity contribution in [3.05, 3.63) is 0 Å². The minimum Gasteiger partial charge on any atom is -0.373 e. The molecule has 0 N–H and O–H groups in total. The molecule has 0 aromatic heterocycles. The zero-order valence-electron chi connectivity index (χ0n) is 22.2. The Hall–Kier alpha value is 0.360. The van der Waals surface area contributed by atoms with Gasteiger partial charge in [0.15, 0.2) is 0 Å². The van der Waals surface area contributed by atoms with Crippen LogP contribution in [0.1, 0.15) is 74.1 Å². The van der Waals surface area contributed by atoms with E-state index in [2.05, 4.69) is 33.4 Å². The zero-order valence-corrected chi connectivity index (χ0v) is 24.0. The molecule has 6 nitrogen and oxygen atoms in total. The van der Waals surface area contributed by atoms with Crippen LogP contribution in [-0.4, -0.2) is 77.3 Å². The molecule has 0 radical (unpaired) electrons. The van der Waals surface area contributed by atoms with Crippen molar-refractivity contribution in [3.8, 4) is 0 Å². The minimum atomic E-state index is -1.87. The van der Waals surface area contributed by atoms with E-state index in [4.69, 9.17) is 27.6 Å². The molecular formula is C23H52O6P2. The number of rotatable bonds is 8. The highest BCUT2D eigenvalue weighted by Gasteiger charge is 2.35. The van der Waals surface area contributed by atoms with E-state index in [0.717, 1.165) is 25.7 Å². The lowest BCUT2D eigenvalue weighted by Gasteiger charge is -2.27. The lowest BCUT2D eigenvalue weighted by molar-refractivity contribution is -0.0482. The Morgan fingerprint density at radius 2 is 1.39 bits per heavy atom. The standard InChI is InChI=1S/C10H21O3P.C9H19O3P.2C2H6/c1-9-6-7-10(2,13-9)8-12-14(4,5)11-3;1-8-5-6-9(12-8)7-11-13(3,4)10-2;2*1-2/h9H,4,6-8H2,1-3,5H3;8-9H,3,5-7H2,1-2,4H3;2*1-2H3. The van der Waals surface area contributed by atoms with Gasteiger partial charge in [0.05, 0.1) is 37.1 Å². The third-order valence-corrected chi connectivity index (χ3v) is 7.75. The maximum atomic E-state index is 5.80. The normalized spacial score (nSPS) is 31.0. The summed E-state index contributed by atoms with van der Waals surface area (Å²) in [5, 5.41) is 0. The summed E-state index contributed by atoms with van der Waals surface area (Å²) in [6, 6.07) is 0. The van der Waals surface area contributed by atoms with Crippen molar-refractivity contribution in [1.29, 1.82) is 0 Å². The third-order valence-electron chi connectivity index (χ3n) is 4.83. The fourth-order valence-corrected chi connectivity index (χ4v) is 4.08. The molecule has 0 spiro atoms. The molecule has 0 aliphatic carbocycles. The van der Waals surface area contributed by atoms with E-state index in [1.54, 1.807) is 14.2 Å². The summed E-state index contributed by atoms with van der Waals surface area (Å²) in [5.74, 6) is 0. The summed E-state index contributed by atoms with van der Waals surface area (Å²) in [7, 11) is -0.416. The largest absolute Gasteiger partial charge is 0.373 e. The van der Waals surface area contributed by atoms with Gasteiger partial charge in [-0.05, 0) is 46.5 Å². The molecule has 6 unspecified atom stereocenters. The first-order valence-corrected chi connectivity index (χ1v) is 16.1. The topological polar surface area (TPSA) is 55.4 Å². The van der Waals surface area contributed by atoms with Crippen LogP contribution in [0.25, 0.3) is 0 Å². The Kier molecular flexibility index (Phi) is 18.3. The van der Waals surface area contributed by atoms with E-state index in [-0.39, 0.29) is 11.7 Å². The molecule has 6 atom stereocenters. The molecule has 8 heteroatoms. The molecule has 0 aromatic rings. The lowest BCUT2D eigenvalue weighted by atomic mass is 10.0. The molecule has 0 saturated carbocycles. The average Bonchev–Trinajstić information content (AvgIpc) is 3.33. The van der Waals surface area contributed by atoms with Gasteiger partial charge in [-0.2, -0.15) is 0 Å². The highest BCUT2D eigenvalue weighted by atomic mass is 31.2. The second-order valence-electron chi connectivity index (χ2n) is 8.03. The summed E-state index contributed by atoms with van der Waals surface area (Å²) < 4.78 is 33.0. The van der Waals surface area contributed by atoms with Crippen molar-refractivity contribution in [2.75, 3.05) is 40.8 Å². The number of hydrogen-bond donors (Lipinski definition) is 0. The summed E-state index contributed by atoms with van der Waals surface area (Å²) in [4.78, 5) is 0. The van der Waals surface area contributed by atoms with Gasteiger partial charge in [0.1, 0.15) is 14.7 Å². The van der Waals surface area contributed by atoms with E-state index in [9.17, 15) is 0 Å². The fraction of sp³-hybridized carbons (Fsp3) is 0.913. The van der Waals surface area contributed by atoms with Gasteiger partial charge in [0, 0.05) is 27.5 Å². The first kappa shape index (κ1) is 33.5. The monoisotopic (exact) mass is 486 g/mol. The molecule has 0 aromatic carbocycles. The summed E-state index contributed by atoms with van der Waals surface area (Å²) in [5.41, 5.74) is -0.142. The van der Waals surface area contributed by atoms with Crippen LogP contribution in [0.3, 0.4) is 0 Å². The maximum absolute atomic E-state index is 5.80. The molecule has 190 valence electrons. The Morgan fingerprint density at radius 3 is 1.77 bits per heavy atom. The fourth-order valence-electron chi connectivity index (χ4n) is 2.85. The van der Waals surface area contributed by atoms with Crippen molar-refractivity contribution < 1.29 is 27.6 Å². The first-order chi connectivity index (χ1) is 14.4. The molecule has 2 fully saturated rings. The molecular weight excluding hydrogens is 434 g/mol. The van der Waals surface area contributed by atoms with Crippen LogP contribution >= 0.6 is 14.7 Å². The van der Waals surface area contributed by atoms with Gasteiger partial charge in [0.2, 0.25) is 0 Å². The van der Waals surface area contributed by atoms with Crippen LogP contribution in [0.15, 0.2) is 0 Å². The van der Waals surface area contributed by atoms with Crippen molar-refractivity contribution >= 4 is 27.3 Å².